The molecular formula is C21H13F7N2O4. The van der Waals surface area contributed by atoms with Gasteiger partial charge in [0.05, 0.1) is 0 Å². The zero-order valence-electron chi connectivity index (χ0n) is 17.0. The highest BCUT2D eigenvalue weighted by Crippen LogP contribution is 2.38. The number of ether oxygens (including phenoxy) is 1. The molecule has 3 aromatic rings. The lowest BCUT2D eigenvalue weighted by Crippen LogP contribution is -2.41. The fourth-order valence-electron chi connectivity index (χ4n) is 2.87. The molecular weight excluding hydrogens is 477 g/mol. The van der Waals surface area contributed by atoms with Crippen molar-refractivity contribution in [3.8, 4) is 28.1 Å². The Kier molecular flexibility index (Phi) is 6.40. The zero-order chi connectivity index (χ0) is 25.4. The molecule has 0 fully saturated rings. The van der Waals surface area contributed by atoms with Crippen molar-refractivity contribution in [2.45, 2.75) is 12.1 Å². The fraction of sp³-hybridized carbons (Fsp3) is 0.190. The maximum absolute atomic E-state index is 14.6. The number of rotatable bonds is 6. The Morgan fingerprint density at radius 1 is 1.06 bits per heavy atom. The summed E-state index contributed by atoms with van der Waals surface area (Å²) in [5, 5.41) is 9.16. The van der Waals surface area contributed by atoms with Gasteiger partial charge in [0.1, 0.15) is 23.1 Å². The molecule has 0 aliphatic heterocycles. The predicted octanol–water partition coefficient (Wildman–Crippen LogP) is 4.67. The number of halogens is 7. The second-order valence-corrected chi connectivity index (χ2v) is 7.02. The number of aromatic nitrogens is 2. The summed E-state index contributed by atoms with van der Waals surface area (Å²) >= 11 is 0. The fourth-order valence-corrected chi connectivity index (χ4v) is 2.87. The van der Waals surface area contributed by atoms with Crippen LogP contribution in [-0.4, -0.2) is 39.3 Å². The van der Waals surface area contributed by atoms with Crippen molar-refractivity contribution in [1.29, 1.82) is 0 Å². The molecule has 3 rings (SSSR count). The number of alkyl halides is 5. The van der Waals surface area contributed by atoms with E-state index in [9.17, 15) is 40.3 Å². The molecule has 0 saturated carbocycles. The summed E-state index contributed by atoms with van der Waals surface area (Å²) in [5.74, 6) is -9.45. The first-order valence-corrected chi connectivity index (χ1v) is 9.19. The predicted molar refractivity (Wildman–Crippen MR) is 104 cm³/mol. The van der Waals surface area contributed by atoms with Gasteiger partial charge in [-0.3, -0.25) is 4.79 Å². The maximum atomic E-state index is 14.6. The number of hydrogen-bond acceptors (Lipinski definition) is 4. The molecule has 0 bridgehead atoms. The number of benzene rings is 2. The first-order chi connectivity index (χ1) is 15.7. The van der Waals surface area contributed by atoms with Gasteiger partial charge in [0.2, 0.25) is 0 Å². The number of carboxylic acids is 1. The highest BCUT2D eigenvalue weighted by molar-refractivity contribution is 5.86. The van der Waals surface area contributed by atoms with E-state index in [1.165, 1.54) is 7.05 Å². The molecule has 0 aliphatic rings. The minimum Gasteiger partial charge on any atom is -0.486 e. The van der Waals surface area contributed by atoms with Crippen molar-refractivity contribution in [3.63, 3.8) is 0 Å². The van der Waals surface area contributed by atoms with Gasteiger partial charge in [-0.15, -0.1) is 0 Å². The second-order valence-electron chi connectivity index (χ2n) is 7.02. The molecule has 2 aromatic carbocycles. The molecule has 0 unspecified atom stereocenters. The molecule has 1 N–H and O–H groups in total. The molecule has 0 atom stereocenters. The average Bonchev–Trinajstić information content (AvgIpc) is 2.74. The number of carbonyl (C=O) groups is 1. The summed E-state index contributed by atoms with van der Waals surface area (Å²) in [5.41, 5.74) is -2.90. The summed E-state index contributed by atoms with van der Waals surface area (Å²) in [6.45, 7) is -2.15. The highest BCUT2D eigenvalue weighted by Gasteiger charge is 2.58. The summed E-state index contributed by atoms with van der Waals surface area (Å²) in [6.07, 6.45) is -4.98. The maximum Gasteiger partial charge on any atom is 0.456 e. The van der Waals surface area contributed by atoms with Crippen LogP contribution in [0.25, 0.3) is 22.4 Å². The van der Waals surface area contributed by atoms with E-state index in [0.29, 0.717) is 12.1 Å². The molecule has 6 nitrogen and oxygen atoms in total. The number of carboxylic acid groups (broad SMARTS) is 1. The van der Waals surface area contributed by atoms with Crippen LogP contribution in [0.2, 0.25) is 0 Å². The normalized spacial score (nSPS) is 12.0. The van der Waals surface area contributed by atoms with Crippen LogP contribution in [0.3, 0.4) is 0 Å². The van der Waals surface area contributed by atoms with E-state index in [0.717, 1.165) is 35.0 Å². The van der Waals surface area contributed by atoms with Gasteiger partial charge in [0, 0.05) is 29.9 Å². The molecule has 0 saturated heterocycles. The van der Waals surface area contributed by atoms with E-state index in [1.807, 2.05) is 0 Å². The van der Waals surface area contributed by atoms with E-state index >= 15 is 0 Å². The SMILES string of the molecule is Cn1cc(C(=O)O)nc(-c2ccc(F)c(-c3cc(F)ccc3OCC(F)(F)C(F)(F)F)c2)c1=O. The Balaban J connectivity index is 2.13. The van der Waals surface area contributed by atoms with E-state index in [-0.39, 0.29) is 5.56 Å². The van der Waals surface area contributed by atoms with E-state index < -0.39 is 70.1 Å². The van der Waals surface area contributed by atoms with Crippen LogP contribution in [0.1, 0.15) is 10.5 Å². The van der Waals surface area contributed by atoms with Gasteiger partial charge in [0.25, 0.3) is 5.56 Å². The van der Waals surface area contributed by atoms with Gasteiger partial charge in [-0.05, 0) is 36.4 Å². The van der Waals surface area contributed by atoms with Crippen molar-refractivity contribution in [1.82, 2.24) is 9.55 Å². The Morgan fingerprint density at radius 2 is 1.74 bits per heavy atom. The first kappa shape index (κ1) is 24.7. The topological polar surface area (TPSA) is 81.4 Å². The van der Waals surface area contributed by atoms with Gasteiger partial charge in [-0.1, -0.05) is 0 Å². The third-order valence-electron chi connectivity index (χ3n) is 4.59. The minimum atomic E-state index is -5.92. The van der Waals surface area contributed by atoms with Gasteiger partial charge >= 0.3 is 18.1 Å². The van der Waals surface area contributed by atoms with E-state index in [4.69, 9.17) is 5.11 Å². The van der Waals surface area contributed by atoms with Crippen molar-refractivity contribution >= 4 is 5.97 Å². The van der Waals surface area contributed by atoms with Crippen LogP contribution < -0.4 is 10.3 Å². The molecule has 0 spiro atoms. The molecule has 1 aromatic heterocycles. The molecule has 0 radical (unpaired) electrons. The third kappa shape index (κ3) is 4.87. The Bertz CT molecular complexity index is 1320. The van der Waals surface area contributed by atoms with Crippen molar-refractivity contribution < 1.29 is 45.4 Å². The largest absolute Gasteiger partial charge is 0.486 e. The molecule has 180 valence electrons. The highest BCUT2D eigenvalue weighted by atomic mass is 19.4. The average molecular weight is 490 g/mol. The summed E-state index contributed by atoms with van der Waals surface area (Å²) in [6, 6.07) is 4.90. The standard InChI is InChI=1S/C21H13F7N2O4/c1-30-8-15(19(32)33)29-17(18(30)31)10-2-4-14(23)12(6-10)13-7-11(22)3-5-16(13)34-9-20(24,25)21(26,27)28/h2-8H,9H2,1H3,(H,32,33). The van der Waals surface area contributed by atoms with Crippen molar-refractivity contribution in [2.75, 3.05) is 6.61 Å². The van der Waals surface area contributed by atoms with Gasteiger partial charge < -0.3 is 14.4 Å². The van der Waals surface area contributed by atoms with Crippen molar-refractivity contribution in [2.24, 2.45) is 7.05 Å². The summed E-state index contributed by atoms with van der Waals surface area (Å²) in [7, 11) is 1.24. The molecule has 1 heterocycles. The van der Waals surface area contributed by atoms with Crippen molar-refractivity contribution in [3.05, 3.63) is 70.3 Å². The van der Waals surface area contributed by atoms with E-state index in [1.54, 1.807) is 0 Å². The van der Waals surface area contributed by atoms with Crippen LogP contribution in [0.4, 0.5) is 30.7 Å². The Hall–Kier alpha value is -3.90. The lowest BCUT2D eigenvalue weighted by atomic mass is 10.00. The van der Waals surface area contributed by atoms with Crippen LogP contribution >= 0.6 is 0 Å². The molecule has 0 amide bonds. The quantitative estimate of drug-likeness (QED) is 0.508. The molecule has 0 aliphatic carbocycles. The lowest BCUT2D eigenvalue weighted by molar-refractivity contribution is -0.289. The summed E-state index contributed by atoms with van der Waals surface area (Å²) < 4.78 is 97.9. The van der Waals surface area contributed by atoms with E-state index in [2.05, 4.69) is 9.72 Å². The van der Waals surface area contributed by atoms with Gasteiger partial charge in [-0.25, -0.2) is 18.6 Å². The third-order valence-corrected chi connectivity index (χ3v) is 4.59. The Labute approximate surface area is 185 Å². The molecule has 13 heteroatoms. The summed E-state index contributed by atoms with van der Waals surface area (Å²) in [4.78, 5) is 27.4. The van der Waals surface area contributed by atoms with Gasteiger partial charge in [-0.2, -0.15) is 22.0 Å². The lowest BCUT2D eigenvalue weighted by Gasteiger charge is -2.21. The smallest absolute Gasteiger partial charge is 0.456 e. The zero-order valence-corrected chi connectivity index (χ0v) is 17.0. The monoisotopic (exact) mass is 490 g/mol. The minimum absolute atomic E-state index is 0.129. The number of aryl methyl sites for hydroxylation is 1. The number of nitrogens with zero attached hydrogens (tertiary/aromatic N) is 2. The Morgan fingerprint density at radius 3 is 2.35 bits per heavy atom. The number of hydrogen-bond donors (Lipinski definition) is 1. The van der Waals surface area contributed by atoms with Crippen LogP contribution in [-0.2, 0) is 7.05 Å². The second kappa shape index (κ2) is 8.80. The van der Waals surface area contributed by atoms with Gasteiger partial charge in [0.15, 0.2) is 12.3 Å². The first-order valence-electron chi connectivity index (χ1n) is 9.19. The van der Waals surface area contributed by atoms with Crippen LogP contribution in [0, 0.1) is 11.6 Å². The number of aromatic carboxylic acids is 1. The molecule has 34 heavy (non-hydrogen) atoms. The van der Waals surface area contributed by atoms with Crippen LogP contribution in [0.5, 0.6) is 5.75 Å². The van der Waals surface area contributed by atoms with Crippen LogP contribution in [0.15, 0.2) is 47.4 Å².